The van der Waals surface area contributed by atoms with E-state index >= 15 is 0 Å². The Kier molecular flexibility index (Phi) is 9.19. The lowest BCUT2D eigenvalue weighted by Gasteiger charge is -2.30. The number of ether oxygens (including phenoxy) is 2. The topological polar surface area (TPSA) is 105 Å². The molecule has 196 valence electrons. The molecular weight excluding hydrogens is 482 g/mol. The minimum absolute atomic E-state index is 0.00125. The molecule has 36 heavy (non-hydrogen) atoms. The zero-order valence-corrected chi connectivity index (χ0v) is 22.1. The summed E-state index contributed by atoms with van der Waals surface area (Å²) < 4.78 is 37.0. The molecule has 0 bridgehead atoms. The number of nitrogens with one attached hydrogen (secondary N) is 1. The number of carbonyl (C=O) groups is 2. The molecule has 3 rings (SSSR count). The maximum absolute atomic E-state index is 13.3. The first-order valence-corrected chi connectivity index (χ1v) is 14.0. The highest BCUT2D eigenvalue weighted by atomic mass is 32.2. The Bertz CT molecular complexity index is 1160. The lowest BCUT2D eigenvalue weighted by Crippen LogP contribution is -2.49. The van der Waals surface area contributed by atoms with Crippen LogP contribution in [0.3, 0.4) is 0 Å². The maximum atomic E-state index is 13.3. The van der Waals surface area contributed by atoms with Crippen LogP contribution in [0.5, 0.6) is 11.5 Å². The van der Waals surface area contributed by atoms with Crippen molar-refractivity contribution in [3.05, 3.63) is 54.1 Å². The number of hydrogen-bond acceptors (Lipinski definition) is 6. The van der Waals surface area contributed by atoms with Crippen molar-refractivity contribution in [1.29, 1.82) is 0 Å². The van der Waals surface area contributed by atoms with Crippen LogP contribution in [-0.2, 0) is 26.2 Å². The summed E-state index contributed by atoms with van der Waals surface area (Å²) >= 11 is 0. The molecule has 0 radical (unpaired) electrons. The van der Waals surface area contributed by atoms with Gasteiger partial charge in [0.2, 0.25) is 28.6 Å². The van der Waals surface area contributed by atoms with Gasteiger partial charge in [0.05, 0.1) is 11.9 Å². The molecule has 1 heterocycles. The average Bonchev–Trinajstić information content (AvgIpc) is 3.32. The van der Waals surface area contributed by atoms with Crippen molar-refractivity contribution < 1.29 is 27.5 Å². The molecule has 0 aliphatic carbocycles. The smallest absolute Gasteiger partial charge is 0.242 e. The molecule has 0 saturated carbocycles. The molecule has 2 aromatic carbocycles. The summed E-state index contributed by atoms with van der Waals surface area (Å²) in [7, 11) is -3.60. The van der Waals surface area contributed by atoms with E-state index in [-0.39, 0.29) is 50.6 Å². The molecule has 10 heteroatoms. The van der Waals surface area contributed by atoms with E-state index in [9.17, 15) is 18.0 Å². The van der Waals surface area contributed by atoms with Gasteiger partial charge >= 0.3 is 0 Å². The van der Waals surface area contributed by atoms with Gasteiger partial charge in [-0.3, -0.25) is 13.9 Å². The van der Waals surface area contributed by atoms with Crippen LogP contribution in [0.1, 0.15) is 45.6 Å². The minimum Gasteiger partial charge on any atom is -0.454 e. The van der Waals surface area contributed by atoms with Crippen LogP contribution in [0, 0.1) is 0 Å². The molecule has 0 fully saturated rings. The Hall–Kier alpha value is -3.27. The normalized spacial score (nSPS) is 14.1. The fourth-order valence-corrected chi connectivity index (χ4v) is 4.83. The van der Waals surface area contributed by atoms with E-state index in [1.54, 1.807) is 30.0 Å². The predicted molar refractivity (Wildman–Crippen MR) is 138 cm³/mol. The molecule has 9 nitrogen and oxygen atoms in total. The van der Waals surface area contributed by atoms with Crippen molar-refractivity contribution in [3.8, 4) is 11.5 Å². The number of benzene rings is 2. The second-order valence-corrected chi connectivity index (χ2v) is 10.9. The second kappa shape index (κ2) is 12.1. The highest BCUT2D eigenvalue weighted by Gasteiger charge is 2.27. The third kappa shape index (κ3) is 7.13. The number of amides is 2. The quantitative estimate of drug-likeness (QED) is 0.463. The molecule has 2 atom stereocenters. The molecule has 0 saturated heterocycles. The number of sulfonamides is 1. The fourth-order valence-electron chi connectivity index (χ4n) is 3.87. The van der Waals surface area contributed by atoms with Crippen LogP contribution in [-0.4, -0.2) is 56.8 Å². The molecule has 1 N–H and O–H groups in total. The monoisotopic (exact) mass is 517 g/mol. The summed E-state index contributed by atoms with van der Waals surface area (Å²) in [4.78, 5) is 27.7. The minimum atomic E-state index is -3.60. The van der Waals surface area contributed by atoms with Crippen molar-refractivity contribution >= 4 is 27.5 Å². The van der Waals surface area contributed by atoms with E-state index in [1.807, 2.05) is 44.2 Å². The van der Waals surface area contributed by atoms with Gasteiger partial charge in [-0.15, -0.1) is 0 Å². The molecule has 0 unspecified atom stereocenters. The van der Waals surface area contributed by atoms with Gasteiger partial charge in [0.15, 0.2) is 11.5 Å². The Morgan fingerprint density at radius 3 is 2.42 bits per heavy atom. The van der Waals surface area contributed by atoms with Crippen molar-refractivity contribution in [2.45, 2.75) is 58.7 Å². The number of carbonyl (C=O) groups excluding carboxylic acids is 2. The van der Waals surface area contributed by atoms with Crippen LogP contribution in [0.2, 0.25) is 0 Å². The Morgan fingerprint density at radius 1 is 1.06 bits per heavy atom. The van der Waals surface area contributed by atoms with Gasteiger partial charge in [-0.25, -0.2) is 8.42 Å². The predicted octanol–water partition coefficient (Wildman–Crippen LogP) is 3.29. The van der Waals surface area contributed by atoms with Crippen LogP contribution in [0.4, 0.5) is 5.69 Å². The van der Waals surface area contributed by atoms with Crippen LogP contribution in [0.25, 0.3) is 0 Å². The summed E-state index contributed by atoms with van der Waals surface area (Å²) in [5.41, 5.74) is 1.35. The third-order valence-electron chi connectivity index (χ3n) is 6.16. The van der Waals surface area contributed by atoms with E-state index in [1.165, 1.54) is 4.31 Å². The van der Waals surface area contributed by atoms with E-state index < -0.39 is 16.1 Å². The molecule has 2 amide bonds. The number of rotatable bonds is 12. The van der Waals surface area contributed by atoms with Gasteiger partial charge < -0.3 is 19.7 Å². The van der Waals surface area contributed by atoms with Gasteiger partial charge in [0, 0.05) is 31.6 Å². The first kappa shape index (κ1) is 27.3. The van der Waals surface area contributed by atoms with E-state index in [0.717, 1.165) is 18.2 Å². The van der Waals surface area contributed by atoms with Gasteiger partial charge in [-0.2, -0.15) is 0 Å². The Morgan fingerprint density at radius 2 is 1.75 bits per heavy atom. The van der Waals surface area contributed by atoms with Gasteiger partial charge in [0.25, 0.3) is 0 Å². The second-order valence-electron chi connectivity index (χ2n) is 8.98. The zero-order valence-electron chi connectivity index (χ0n) is 21.3. The van der Waals surface area contributed by atoms with Gasteiger partial charge in [0.1, 0.15) is 6.04 Å². The standard InChI is InChI=1S/C26H35N3O6S/c1-5-19(2)27-26(31)20(3)28(17-21-10-7-6-8-11-21)25(30)12-9-15-29(36(4,32)33)22-13-14-23-24(16-22)35-18-34-23/h6-8,10-11,13-14,16,19-20H,5,9,12,15,17-18H2,1-4H3,(H,27,31)/t19-,20+/m1/s1. The fraction of sp³-hybridized carbons (Fsp3) is 0.462. The summed E-state index contributed by atoms with van der Waals surface area (Å²) in [6.45, 7) is 6.10. The first-order valence-electron chi connectivity index (χ1n) is 12.1. The first-order chi connectivity index (χ1) is 17.1. The van der Waals surface area contributed by atoms with Crippen LogP contribution >= 0.6 is 0 Å². The largest absolute Gasteiger partial charge is 0.454 e. The van der Waals surface area contributed by atoms with E-state index in [0.29, 0.717) is 17.2 Å². The number of nitrogens with zero attached hydrogens (tertiary/aromatic N) is 2. The van der Waals surface area contributed by atoms with E-state index in [2.05, 4.69) is 5.32 Å². The molecule has 1 aliphatic heterocycles. The maximum Gasteiger partial charge on any atom is 0.242 e. The average molecular weight is 518 g/mol. The number of hydrogen-bond donors (Lipinski definition) is 1. The lowest BCUT2D eigenvalue weighted by molar-refractivity contribution is -0.140. The molecule has 1 aliphatic rings. The van der Waals surface area contributed by atoms with Crippen molar-refractivity contribution in [2.24, 2.45) is 0 Å². The number of fused-ring (bicyclic) bond motifs is 1. The SMILES string of the molecule is CC[C@@H](C)NC(=O)[C@H](C)N(Cc1ccccc1)C(=O)CCCN(c1ccc2c(c1)OCO2)S(C)(=O)=O. The van der Waals surface area contributed by atoms with Crippen LogP contribution < -0.4 is 19.1 Å². The molecule has 2 aromatic rings. The summed E-state index contributed by atoms with van der Waals surface area (Å²) in [6.07, 6.45) is 2.28. The molecular formula is C26H35N3O6S. The number of anilines is 1. The Balaban J connectivity index is 1.71. The zero-order chi connectivity index (χ0) is 26.3. The molecule has 0 aromatic heterocycles. The van der Waals surface area contributed by atoms with Crippen molar-refractivity contribution in [3.63, 3.8) is 0 Å². The summed E-state index contributed by atoms with van der Waals surface area (Å²) in [6, 6.07) is 13.7. The highest BCUT2D eigenvalue weighted by Crippen LogP contribution is 2.36. The van der Waals surface area contributed by atoms with Crippen molar-refractivity contribution in [1.82, 2.24) is 10.2 Å². The molecule has 0 spiro atoms. The van der Waals surface area contributed by atoms with Crippen molar-refractivity contribution in [2.75, 3.05) is 23.9 Å². The van der Waals surface area contributed by atoms with Gasteiger partial charge in [-0.05, 0) is 44.4 Å². The summed E-state index contributed by atoms with van der Waals surface area (Å²) in [5, 5.41) is 2.94. The van der Waals surface area contributed by atoms with Gasteiger partial charge in [-0.1, -0.05) is 37.3 Å². The van der Waals surface area contributed by atoms with Crippen LogP contribution in [0.15, 0.2) is 48.5 Å². The highest BCUT2D eigenvalue weighted by molar-refractivity contribution is 7.92. The third-order valence-corrected chi connectivity index (χ3v) is 7.35. The lowest BCUT2D eigenvalue weighted by atomic mass is 10.1. The Labute approximate surface area is 213 Å². The van der Waals surface area contributed by atoms with E-state index in [4.69, 9.17) is 9.47 Å². The summed E-state index contributed by atoms with van der Waals surface area (Å²) in [5.74, 6) is 0.604.